The highest BCUT2D eigenvalue weighted by Crippen LogP contribution is 2.14. The summed E-state index contributed by atoms with van der Waals surface area (Å²) in [5, 5.41) is 11.7. The standard InChI is InChI=1S/C14H18N2O2/c1-4-14(3,10-15)16-13(17)11-6-8-12(9-7-11)18-5-2/h6-9H,4-5H2,1-3H3,(H,16,17). The molecule has 0 spiro atoms. The molecule has 0 fully saturated rings. The first-order valence-corrected chi connectivity index (χ1v) is 6.01. The molecule has 1 aromatic rings. The van der Waals surface area contributed by atoms with Crippen molar-refractivity contribution in [3.63, 3.8) is 0 Å². The van der Waals surface area contributed by atoms with Crippen LogP contribution in [-0.2, 0) is 0 Å². The fraction of sp³-hybridized carbons (Fsp3) is 0.429. The summed E-state index contributed by atoms with van der Waals surface area (Å²) < 4.78 is 5.30. The Labute approximate surface area is 108 Å². The molecule has 0 radical (unpaired) electrons. The Morgan fingerprint density at radius 3 is 2.44 bits per heavy atom. The van der Waals surface area contributed by atoms with Crippen LogP contribution in [0, 0.1) is 11.3 Å². The molecular formula is C14H18N2O2. The fourth-order valence-electron chi connectivity index (χ4n) is 1.39. The highest BCUT2D eigenvalue weighted by Gasteiger charge is 2.24. The molecule has 0 bridgehead atoms. The van der Waals surface area contributed by atoms with Crippen LogP contribution in [0.25, 0.3) is 0 Å². The summed E-state index contributed by atoms with van der Waals surface area (Å²) in [6.45, 7) is 6.06. The summed E-state index contributed by atoms with van der Waals surface area (Å²) in [5.74, 6) is 0.483. The lowest BCUT2D eigenvalue weighted by Crippen LogP contribution is -2.44. The monoisotopic (exact) mass is 246 g/mol. The minimum atomic E-state index is -0.824. The van der Waals surface area contributed by atoms with Crippen LogP contribution >= 0.6 is 0 Å². The smallest absolute Gasteiger partial charge is 0.252 e. The van der Waals surface area contributed by atoms with Crippen molar-refractivity contribution in [3.05, 3.63) is 29.8 Å². The molecule has 1 unspecified atom stereocenters. The van der Waals surface area contributed by atoms with Crippen molar-refractivity contribution in [2.45, 2.75) is 32.7 Å². The molecular weight excluding hydrogens is 228 g/mol. The summed E-state index contributed by atoms with van der Waals surface area (Å²) in [6, 6.07) is 8.97. The number of hydrogen-bond donors (Lipinski definition) is 1. The van der Waals surface area contributed by atoms with Gasteiger partial charge in [0, 0.05) is 5.56 Å². The Kier molecular flexibility index (Phi) is 4.73. The van der Waals surface area contributed by atoms with E-state index in [2.05, 4.69) is 11.4 Å². The fourth-order valence-corrected chi connectivity index (χ4v) is 1.39. The van der Waals surface area contributed by atoms with Gasteiger partial charge >= 0.3 is 0 Å². The number of carbonyl (C=O) groups excluding carboxylic acids is 1. The van der Waals surface area contributed by atoms with Crippen LogP contribution in [0.4, 0.5) is 0 Å². The topological polar surface area (TPSA) is 62.1 Å². The van der Waals surface area contributed by atoms with Gasteiger partial charge in [-0.1, -0.05) is 6.92 Å². The predicted octanol–water partition coefficient (Wildman–Crippen LogP) is 2.51. The summed E-state index contributed by atoms with van der Waals surface area (Å²) in [6.07, 6.45) is 0.562. The van der Waals surface area contributed by atoms with E-state index in [0.717, 1.165) is 5.75 Å². The van der Waals surface area contributed by atoms with E-state index in [1.54, 1.807) is 31.2 Å². The molecule has 0 aliphatic carbocycles. The third-order valence-corrected chi connectivity index (χ3v) is 2.77. The number of benzene rings is 1. The molecule has 0 saturated carbocycles. The Morgan fingerprint density at radius 1 is 1.39 bits per heavy atom. The number of ether oxygens (including phenoxy) is 1. The second kappa shape index (κ2) is 6.06. The molecule has 1 rings (SSSR count). The lowest BCUT2D eigenvalue weighted by Gasteiger charge is -2.21. The molecule has 96 valence electrons. The second-order valence-electron chi connectivity index (χ2n) is 4.21. The largest absolute Gasteiger partial charge is 0.494 e. The normalized spacial score (nSPS) is 13.2. The van der Waals surface area contributed by atoms with Crippen LogP contribution in [0.15, 0.2) is 24.3 Å². The van der Waals surface area contributed by atoms with Gasteiger partial charge in [0.05, 0.1) is 12.7 Å². The van der Waals surface area contributed by atoms with Crippen molar-refractivity contribution < 1.29 is 9.53 Å². The molecule has 0 aliphatic heterocycles. The van der Waals surface area contributed by atoms with Crippen molar-refractivity contribution in [1.29, 1.82) is 5.26 Å². The zero-order valence-electron chi connectivity index (χ0n) is 11.0. The highest BCUT2D eigenvalue weighted by atomic mass is 16.5. The van der Waals surface area contributed by atoms with Gasteiger partial charge in [-0.05, 0) is 44.5 Å². The Morgan fingerprint density at radius 2 is 2.00 bits per heavy atom. The molecule has 1 atom stereocenters. The van der Waals surface area contributed by atoms with Gasteiger partial charge in [0.15, 0.2) is 0 Å². The summed E-state index contributed by atoms with van der Waals surface area (Å²) in [4.78, 5) is 11.9. The van der Waals surface area contributed by atoms with Gasteiger partial charge in [0.1, 0.15) is 11.3 Å². The molecule has 0 aliphatic rings. The van der Waals surface area contributed by atoms with Crippen LogP contribution < -0.4 is 10.1 Å². The van der Waals surface area contributed by atoms with Gasteiger partial charge in [-0.2, -0.15) is 5.26 Å². The van der Waals surface area contributed by atoms with E-state index in [9.17, 15) is 4.79 Å². The summed E-state index contributed by atoms with van der Waals surface area (Å²) in [7, 11) is 0. The lowest BCUT2D eigenvalue weighted by molar-refractivity contribution is 0.0923. The number of rotatable bonds is 5. The average molecular weight is 246 g/mol. The number of nitrogens with zero attached hydrogens (tertiary/aromatic N) is 1. The van der Waals surface area contributed by atoms with Crippen LogP contribution in [0.2, 0.25) is 0 Å². The predicted molar refractivity (Wildman–Crippen MR) is 69.4 cm³/mol. The van der Waals surface area contributed by atoms with Gasteiger partial charge < -0.3 is 10.1 Å². The van der Waals surface area contributed by atoms with E-state index >= 15 is 0 Å². The molecule has 0 saturated heterocycles. The molecule has 1 aromatic carbocycles. The van der Waals surface area contributed by atoms with Gasteiger partial charge in [0.2, 0.25) is 0 Å². The number of nitriles is 1. The lowest BCUT2D eigenvalue weighted by atomic mass is 10.0. The quantitative estimate of drug-likeness (QED) is 0.868. The first-order valence-electron chi connectivity index (χ1n) is 6.01. The SMILES string of the molecule is CCOc1ccc(C(=O)NC(C)(C#N)CC)cc1. The van der Waals surface area contributed by atoms with Crippen molar-refractivity contribution >= 4 is 5.91 Å². The number of amides is 1. The molecule has 1 N–H and O–H groups in total. The Hall–Kier alpha value is -2.02. The van der Waals surface area contributed by atoms with E-state index in [1.165, 1.54) is 0 Å². The summed E-state index contributed by atoms with van der Waals surface area (Å²) >= 11 is 0. The number of hydrogen-bond acceptors (Lipinski definition) is 3. The summed E-state index contributed by atoms with van der Waals surface area (Å²) in [5.41, 5.74) is -0.302. The second-order valence-corrected chi connectivity index (χ2v) is 4.21. The zero-order chi connectivity index (χ0) is 13.6. The first kappa shape index (κ1) is 14.0. The maximum absolute atomic E-state index is 11.9. The number of nitrogens with one attached hydrogen (secondary N) is 1. The van der Waals surface area contributed by atoms with Crippen LogP contribution in [0.3, 0.4) is 0 Å². The minimum Gasteiger partial charge on any atom is -0.494 e. The van der Waals surface area contributed by atoms with E-state index in [-0.39, 0.29) is 5.91 Å². The maximum atomic E-state index is 11.9. The maximum Gasteiger partial charge on any atom is 0.252 e. The zero-order valence-corrected chi connectivity index (χ0v) is 11.0. The van der Waals surface area contributed by atoms with Crippen molar-refractivity contribution in [2.75, 3.05) is 6.61 Å². The minimum absolute atomic E-state index is 0.246. The first-order chi connectivity index (χ1) is 8.54. The number of carbonyl (C=O) groups is 1. The molecule has 18 heavy (non-hydrogen) atoms. The van der Waals surface area contributed by atoms with Crippen LogP contribution in [-0.4, -0.2) is 18.1 Å². The Balaban J connectivity index is 2.76. The average Bonchev–Trinajstić information content (AvgIpc) is 2.39. The van der Waals surface area contributed by atoms with Gasteiger partial charge in [0.25, 0.3) is 5.91 Å². The Bertz CT molecular complexity index is 448. The van der Waals surface area contributed by atoms with E-state index in [0.29, 0.717) is 18.6 Å². The van der Waals surface area contributed by atoms with Crippen LogP contribution in [0.5, 0.6) is 5.75 Å². The van der Waals surface area contributed by atoms with E-state index < -0.39 is 5.54 Å². The van der Waals surface area contributed by atoms with Gasteiger partial charge in [-0.15, -0.1) is 0 Å². The molecule has 4 heteroatoms. The van der Waals surface area contributed by atoms with Crippen molar-refractivity contribution in [2.24, 2.45) is 0 Å². The van der Waals surface area contributed by atoms with Gasteiger partial charge in [-0.25, -0.2) is 0 Å². The highest BCUT2D eigenvalue weighted by molar-refractivity contribution is 5.95. The third-order valence-electron chi connectivity index (χ3n) is 2.77. The van der Waals surface area contributed by atoms with Crippen molar-refractivity contribution in [3.8, 4) is 11.8 Å². The third kappa shape index (κ3) is 3.49. The molecule has 0 aromatic heterocycles. The molecule has 1 amide bonds. The molecule has 0 heterocycles. The van der Waals surface area contributed by atoms with E-state index in [4.69, 9.17) is 10.00 Å². The van der Waals surface area contributed by atoms with Gasteiger partial charge in [-0.3, -0.25) is 4.79 Å². The molecule has 4 nitrogen and oxygen atoms in total. The van der Waals surface area contributed by atoms with Crippen LogP contribution in [0.1, 0.15) is 37.6 Å². The van der Waals surface area contributed by atoms with Crippen molar-refractivity contribution in [1.82, 2.24) is 5.32 Å². The van der Waals surface area contributed by atoms with E-state index in [1.807, 2.05) is 13.8 Å².